The third kappa shape index (κ3) is 4.73. The first-order valence-corrected chi connectivity index (χ1v) is 4.73. The summed E-state index contributed by atoms with van der Waals surface area (Å²) in [5.41, 5.74) is 1.32. The average Bonchev–Trinajstić information content (AvgIpc) is 2.23. The Labute approximate surface area is 130 Å². The molecule has 4 heteroatoms. The Morgan fingerprint density at radius 3 is 2.00 bits per heavy atom. The molecule has 0 aliphatic heterocycles. The molecule has 2 heterocycles. The van der Waals surface area contributed by atoms with Gasteiger partial charge < -0.3 is 48.0 Å². The van der Waals surface area contributed by atoms with Gasteiger partial charge in [-0.1, -0.05) is 6.07 Å². The number of rotatable bonds is 2. The molecule has 0 aliphatic carbocycles. The molecule has 86 valence electrons. The molecule has 0 fully saturated rings. The van der Waals surface area contributed by atoms with Gasteiger partial charge in [-0.15, -0.1) is 0 Å². The molecule has 0 radical (unpaired) electrons. The highest BCUT2D eigenvalue weighted by molar-refractivity contribution is 5.05. The van der Waals surface area contributed by atoms with Gasteiger partial charge in [-0.3, -0.25) is 0 Å². The molecule has 0 spiro atoms. The van der Waals surface area contributed by atoms with Gasteiger partial charge in [0.1, 0.15) is 7.05 Å². The second-order valence-electron chi connectivity index (χ2n) is 3.42. The molecule has 16 heavy (non-hydrogen) atoms. The molecular formula is C12H14I2N2. The summed E-state index contributed by atoms with van der Waals surface area (Å²) in [5.74, 6) is 0. The van der Waals surface area contributed by atoms with Crippen LogP contribution in [-0.2, 0) is 13.6 Å². The quantitative estimate of drug-likeness (QED) is 0.327. The molecule has 0 saturated carbocycles. The van der Waals surface area contributed by atoms with E-state index >= 15 is 0 Å². The molecule has 0 aliphatic rings. The summed E-state index contributed by atoms with van der Waals surface area (Å²) >= 11 is 0. The summed E-state index contributed by atoms with van der Waals surface area (Å²) in [4.78, 5) is 0. The van der Waals surface area contributed by atoms with Crippen LogP contribution in [0.15, 0.2) is 55.1 Å². The topological polar surface area (TPSA) is 7.76 Å². The van der Waals surface area contributed by atoms with Crippen LogP contribution >= 0.6 is 0 Å². The molecule has 0 bridgehead atoms. The molecule has 2 nitrogen and oxygen atoms in total. The maximum absolute atomic E-state index is 2.16. The maximum Gasteiger partial charge on any atom is 0.174 e. The summed E-state index contributed by atoms with van der Waals surface area (Å²) in [7, 11) is 2.03. The van der Waals surface area contributed by atoms with E-state index in [1.165, 1.54) is 5.56 Å². The first-order chi connectivity index (χ1) is 6.84. The van der Waals surface area contributed by atoms with Gasteiger partial charge in [-0.2, -0.15) is 0 Å². The van der Waals surface area contributed by atoms with Gasteiger partial charge in [0.25, 0.3) is 0 Å². The van der Waals surface area contributed by atoms with Crippen molar-refractivity contribution in [2.45, 2.75) is 6.54 Å². The fraction of sp³-hybridized carbons (Fsp3) is 0.167. The van der Waals surface area contributed by atoms with E-state index in [1.807, 2.05) is 29.8 Å². The van der Waals surface area contributed by atoms with E-state index in [2.05, 4.69) is 41.5 Å². The number of aryl methyl sites for hydroxylation is 1. The highest BCUT2D eigenvalue weighted by Crippen LogP contribution is 1.93. The van der Waals surface area contributed by atoms with Crippen molar-refractivity contribution in [3.8, 4) is 0 Å². The highest BCUT2D eigenvalue weighted by Gasteiger charge is 2.01. The second-order valence-corrected chi connectivity index (χ2v) is 3.42. The summed E-state index contributed by atoms with van der Waals surface area (Å²) in [6, 6.07) is 10.4. The summed E-state index contributed by atoms with van der Waals surface area (Å²) in [6.07, 6.45) is 8.29. The van der Waals surface area contributed by atoms with E-state index in [0.29, 0.717) is 0 Å². The molecule has 0 saturated heterocycles. The molecule has 0 atom stereocenters. The van der Waals surface area contributed by atoms with Crippen molar-refractivity contribution in [3.63, 3.8) is 0 Å². The van der Waals surface area contributed by atoms with Crippen LogP contribution in [-0.4, -0.2) is 0 Å². The van der Waals surface area contributed by atoms with Crippen LogP contribution in [0.2, 0.25) is 0 Å². The molecule has 0 N–H and O–H groups in total. The fourth-order valence-corrected chi connectivity index (χ4v) is 1.39. The monoisotopic (exact) mass is 440 g/mol. The third-order valence-electron chi connectivity index (χ3n) is 2.19. The fourth-order valence-electron chi connectivity index (χ4n) is 1.39. The molecule has 2 aromatic heterocycles. The lowest BCUT2D eigenvalue weighted by Gasteiger charge is -1.95. The van der Waals surface area contributed by atoms with E-state index in [9.17, 15) is 0 Å². The summed E-state index contributed by atoms with van der Waals surface area (Å²) in [5, 5.41) is 0. The van der Waals surface area contributed by atoms with Crippen LogP contribution < -0.4 is 57.1 Å². The maximum atomic E-state index is 2.16. The van der Waals surface area contributed by atoms with Crippen molar-refractivity contribution in [1.29, 1.82) is 0 Å². The minimum atomic E-state index is 0. The smallest absolute Gasteiger partial charge is 0.174 e. The van der Waals surface area contributed by atoms with Gasteiger partial charge in [-0.25, -0.2) is 9.13 Å². The zero-order valence-electron chi connectivity index (χ0n) is 9.05. The Hall–Kier alpha value is -0.240. The number of aromatic nitrogens is 2. The first kappa shape index (κ1) is 15.8. The van der Waals surface area contributed by atoms with Crippen LogP contribution in [0.1, 0.15) is 5.56 Å². The van der Waals surface area contributed by atoms with E-state index in [4.69, 9.17) is 0 Å². The number of nitrogens with zero attached hydrogens (tertiary/aromatic N) is 2. The summed E-state index contributed by atoms with van der Waals surface area (Å²) < 4.78 is 4.20. The van der Waals surface area contributed by atoms with Crippen molar-refractivity contribution in [2.75, 3.05) is 0 Å². The van der Waals surface area contributed by atoms with Gasteiger partial charge >= 0.3 is 0 Å². The van der Waals surface area contributed by atoms with Gasteiger partial charge in [0.15, 0.2) is 31.3 Å². The van der Waals surface area contributed by atoms with E-state index in [1.54, 1.807) is 0 Å². The zero-order chi connectivity index (χ0) is 9.80. The van der Waals surface area contributed by atoms with Crippen LogP contribution in [0.25, 0.3) is 0 Å². The molecule has 2 aromatic rings. The molecule has 2 rings (SSSR count). The molecule has 0 aromatic carbocycles. The Kier molecular flexibility index (Phi) is 7.82. The Morgan fingerprint density at radius 1 is 0.875 bits per heavy atom. The highest BCUT2D eigenvalue weighted by atomic mass is 127. The molecule has 0 amide bonds. The van der Waals surface area contributed by atoms with Crippen molar-refractivity contribution >= 4 is 0 Å². The third-order valence-corrected chi connectivity index (χ3v) is 2.19. The minimum absolute atomic E-state index is 0. The zero-order valence-corrected chi connectivity index (χ0v) is 13.4. The number of hydrogen-bond donors (Lipinski definition) is 0. The largest absolute Gasteiger partial charge is 1.00 e. The SMILES string of the molecule is C[n+]1ccc(C[n+]2ccccc2)cc1.[I-].[I-]. The molecule has 0 unspecified atom stereocenters. The van der Waals surface area contributed by atoms with Gasteiger partial charge in [0.2, 0.25) is 0 Å². The second kappa shape index (κ2) is 7.94. The Morgan fingerprint density at radius 2 is 1.44 bits per heavy atom. The van der Waals surface area contributed by atoms with Crippen LogP contribution in [0.5, 0.6) is 0 Å². The van der Waals surface area contributed by atoms with Gasteiger partial charge in [-0.05, 0) is 0 Å². The van der Waals surface area contributed by atoms with E-state index < -0.39 is 0 Å². The van der Waals surface area contributed by atoms with Crippen molar-refractivity contribution in [2.24, 2.45) is 7.05 Å². The normalized spacial score (nSPS) is 8.81. The lowest BCUT2D eigenvalue weighted by molar-refractivity contribution is -0.689. The number of halogens is 2. The van der Waals surface area contributed by atoms with Crippen LogP contribution in [0.4, 0.5) is 0 Å². The Bertz CT molecular complexity index is 401. The number of hydrogen-bond acceptors (Lipinski definition) is 0. The standard InChI is InChI=1S/C12H14N2.2HI/c1-13-9-5-12(6-10-13)11-14-7-3-2-4-8-14;;/h2-10H,11H2,1H3;2*1H/q+2;;/p-2. The number of pyridine rings is 2. The minimum Gasteiger partial charge on any atom is -1.00 e. The van der Waals surface area contributed by atoms with Crippen LogP contribution in [0.3, 0.4) is 0 Å². The van der Waals surface area contributed by atoms with Crippen LogP contribution in [0, 0.1) is 0 Å². The lowest BCUT2D eigenvalue weighted by Crippen LogP contribution is -3.00. The van der Waals surface area contributed by atoms with Crippen molar-refractivity contribution in [3.05, 3.63) is 60.7 Å². The van der Waals surface area contributed by atoms with Gasteiger partial charge in [0.05, 0.1) is 0 Å². The predicted octanol–water partition coefficient (Wildman–Crippen LogP) is -5.15. The van der Waals surface area contributed by atoms with E-state index in [-0.39, 0.29) is 48.0 Å². The lowest BCUT2D eigenvalue weighted by atomic mass is 10.2. The average molecular weight is 440 g/mol. The predicted molar refractivity (Wildman–Crippen MR) is 53.4 cm³/mol. The van der Waals surface area contributed by atoms with Crippen molar-refractivity contribution < 1.29 is 57.1 Å². The Balaban J connectivity index is 0.00000112. The molecular weight excluding hydrogens is 426 g/mol. The van der Waals surface area contributed by atoms with Crippen molar-refractivity contribution in [1.82, 2.24) is 0 Å². The first-order valence-electron chi connectivity index (χ1n) is 4.73. The van der Waals surface area contributed by atoms with Gasteiger partial charge in [0, 0.05) is 29.8 Å². The summed E-state index contributed by atoms with van der Waals surface area (Å²) in [6.45, 7) is 0.932. The van der Waals surface area contributed by atoms with E-state index in [0.717, 1.165) is 6.54 Å².